The van der Waals surface area contributed by atoms with Gasteiger partial charge >= 0.3 is 0 Å². The van der Waals surface area contributed by atoms with Crippen molar-refractivity contribution in [2.45, 2.75) is 23.8 Å². The summed E-state index contributed by atoms with van der Waals surface area (Å²) in [6.45, 7) is 2.33. The van der Waals surface area contributed by atoms with Gasteiger partial charge in [-0.3, -0.25) is 0 Å². The van der Waals surface area contributed by atoms with E-state index in [4.69, 9.17) is 5.73 Å². The fourth-order valence-electron chi connectivity index (χ4n) is 1.20. The van der Waals surface area contributed by atoms with Crippen LogP contribution < -0.4 is 5.73 Å². The number of nitrogens with two attached hydrogens (primary N) is 1. The second-order valence-electron chi connectivity index (χ2n) is 3.31. The van der Waals surface area contributed by atoms with E-state index in [0.29, 0.717) is 11.7 Å². The van der Waals surface area contributed by atoms with Crippen molar-refractivity contribution in [3.63, 3.8) is 0 Å². The van der Waals surface area contributed by atoms with Gasteiger partial charge < -0.3 is 10.3 Å². The molecule has 0 atom stereocenters. The molecular formula is C9H12N6S. The first kappa shape index (κ1) is 11.0. The summed E-state index contributed by atoms with van der Waals surface area (Å²) in [5.74, 6) is 0. The molecule has 2 rings (SSSR count). The molecule has 0 radical (unpaired) electrons. The third-order valence-electron chi connectivity index (χ3n) is 1.95. The van der Waals surface area contributed by atoms with Crippen molar-refractivity contribution in [2.75, 3.05) is 0 Å². The van der Waals surface area contributed by atoms with E-state index in [1.165, 1.54) is 11.8 Å². The van der Waals surface area contributed by atoms with Gasteiger partial charge in [-0.1, -0.05) is 0 Å². The van der Waals surface area contributed by atoms with E-state index in [9.17, 15) is 0 Å². The Kier molecular flexibility index (Phi) is 3.16. The molecule has 0 spiro atoms. The molecule has 84 valence electrons. The molecule has 0 aromatic carbocycles. The molecule has 2 heterocycles. The van der Waals surface area contributed by atoms with Crippen molar-refractivity contribution >= 4 is 11.8 Å². The normalized spacial score (nSPS) is 10.7. The molecule has 0 saturated carbocycles. The van der Waals surface area contributed by atoms with Crippen molar-refractivity contribution in [3.8, 4) is 0 Å². The maximum Gasteiger partial charge on any atom is 0.198 e. The summed E-state index contributed by atoms with van der Waals surface area (Å²) in [4.78, 5) is 8.63. The number of aryl methyl sites for hydroxylation is 2. The molecule has 0 aliphatic rings. The first-order valence-electron chi connectivity index (χ1n) is 4.75. The molecule has 6 nitrogen and oxygen atoms in total. The lowest BCUT2D eigenvalue weighted by molar-refractivity contribution is 0.779. The van der Waals surface area contributed by atoms with Gasteiger partial charge in [-0.2, -0.15) is 0 Å². The van der Waals surface area contributed by atoms with Crippen LogP contribution in [0.3, 0.4) is 0 Å². The maximum atomic E-state index is 5.56. The average Bonchev–Trinajstić information content (AvgIpc) is 2.63. The molecule has 0 aliphatic heterocycles. The summed E-state index contributed by atoms with van der Waals surface area (Å²) in [6.07, 6.45) is 1.64. The van der Waals surface area contributed by atoms with Crippen molar-refractivity contribution in [3.05, 3.63) is 23.8 Å². The zero-order valence-corrected chi connectivity index (χ0v) is 9.90. The quantitative estimate of drug-likeness (QED) is 0.782. The third-order valence-corrected chi connectivity index (χ3v) is 2.87. The van der Waals surface area contributed by atoms with Crippen molar-refractivity contribution in [2.24, 2.45) is 12.8 Å². The second-order valence-corrected chi connectivity index (χ2v) is 4.25. The van der Waals surface area contributed by atoms with Gasteiger partial charge in [-0.25, -0.2) is 9.97 Å². The molecule has 0 unspecified atom stereocenters. The highest BCUT2D eigenvalue weighted by Crippen LogP contribution is 2.21. The minimum Gasteiger partial charge on any atom is -0.325 e. The van der Waals surface area contributed by atoms with Gasteiger partial charge in [0.2, 0.25) is 0 Å². The number of hydrogen-bond donors (Lipinski definition) is 1. The highest BCUT2D eigenvalue weighted by molar-refractivity contribution is 7.99. The highest BCUT2D eigenvalue weighted by atomic mass is 32.2. The van der Waals surface area contributed by atoms with Crippen LogP contribution in [-0.2, 0) is 13.6 Å². The van der Waals surface area contributed by atoms with Gasteiger partial charge in [0.25, 0.3) is 0 Å². The Balaban J connectivity index is 2.28. The summed E-state index contributed by atoms with van der Waals surface area (Å²) >= 11 is 1.38. The molecule has 2 N–H and O–H groups in total. The van der Waals surface area contributed by atoms with E-state index in [2.05, 4.69) is 20.2 Å². The monoisotopic (exact) mass is 236 g/mol. The van der Waals surface area contributed by atoms with Gasteiger partial charge in [-0.15, -0.1) is 10.2 Å². The first-order valence-corrected chi connectivity index (χ1v) is 5.57. The Morgan fingerprint density at radius 2 is 2.25 bits per heavy atom. The maximum absolute atomic E-state index is 5.56. The number of hydrogen-bond acceptors (Lipinski definition) is 6. The fraction of sp³-hybridized carbons (Fsp3) is 0.333. The Labute approximate surface area is 97.3 Å². The molecule has 16 heavy (non-hydrogen) atoms. The Hall–Kier alpha value is -1.47. The molecule has 0 fully saturated rings. The summed E-state index contributed by atoms with van der Waals surface area (Å²) in [7, 11) is 1.88. The zero-order valence-electron chi connectivity index (χ0n) is 9.08. The highest BCUT2D eigenvalue weighted by Gasteiger charge is 2.07. The summed E-state index contributed by atoms with van der Waals surface area (Å²) in [5.41, 5.74) is 7.29. The Bertz CT molecular complexity index is 494. The lowest BCUT2D eigenvalue weighted by Crippen LogP contribution is -2.03. The smallest absolute Gasteiger partial charge is 0.198 e. The predicted octanol–water partition coefficient (Wildman–Crippen LogP) is 0.523. The molecule has 0 saturated heterocycles. The molecule has 7 heteroatoms. The van der Waals surface area contributed by atoms with Crippen LogP contribution in [0.5, 0.6) is 0 Å². The summed E-state index contributed by atoms with van der Waals surface area (Å²) in [6, 6.07) is 1.88. The standard InChI is InChI=1S/C9H12N6S/c1-6-3-7(4-10)13-8(12-6)16-9-14-11-5-15(9)2/h3,5H,4,10H2,1-2H3. The van der Waals surface area contributed by atoms with E-state index in [-0.39, 0.29) is 0 Å². The topological polar surface area (TPSA) is 82.5 Å². The van der Waals surface area contributed by atoms with Gasteiger partial charge in [0.05, 0.1) is 5.69 Å². The Morgan fingerprint density at radius 3 is 2.88 bits per heavy atom. The van der Waals surface area contributed by atoms with Crippen LogP contribution in [-0.4, -0.2) is 24.7 Å². The molecule has 0 amide bonds. The summed E-state index contributed by atoms with van der Waals surface area (Å²) in [5, 5.41) is 9.16. The van der Waals surface area contributed by atoms with Gasteiger partial charge in [0.15, 0.2) is 10.3 Å². The molecule has 2 aromatic heterocycles. The van der Waals surface area contributed by atoms with Crippen LogP contribution in [0.15, 0.2) is 22.7 Å². The molecule has 0 aliphatic carbocycles. The Morgan fingerprint density at radius 1 is 1.44 bits per heavy atom. The van der Waals surface area contributed by atoms with Crippen LogP contribution in [0.1, 0.15) is 11.4 Å². The average molecular weight is 236 g/mol. The minimum absolute atomic E-state index is 0.412. The third kappa shape index (κ3) is 2.37. The summed E-state index contributed by atoms with van der Waals surface area (Å²) < 4.78 is 1.82. The zero-order chi connectivity index (χ0) is 11.5. The van der Waals surface area contributed by atoms with E-state index < -0.39 is 0 Å². The molecule has 0 bridgehead atoms. The molecule has 2 aromatic rings. The van der Waals surface area contributed by atoms with Crippen LogP contribution in [0.4, 0.5) is 0 Å². The van der Waals surface area contributed by atoms with Crippen LogP contribution in [0, 0.1) is 6.92 Å². The van der Waals surface area contributed by atoms with Gasteiger partial charge in [0, 0.05) is 19.3 Å². The van der Waals surface area contributed by atoms with Crippen LogP contribution in [0.2, 0.25) is 0 Å². The van der Waals surface area contributed by atoms with Crippen LogP contribution in [0.25, 0.3) is 0 Å². The van der Waals surface area contributed by atoms with Crippen molar-refractivity contribution in [1.29, 1.82) is 0 Å². The first-order chi connectivity index (χ1) is 7.69. The lowest BCUT2D eigenvalue weighted by Gasteiger charge is -2.03. The van der Waals surface area contributed by atoms with Crippen molar-refractivity contribution < 1.29 is 0 Å². The minimum atomic E-state index is 0.412. The second kappa shape index (κ2) is 4.58. The van der Waals surface area contributed by atoms with E-state index in [1.54, 1.807) is 6.33 Å². The lowest BCUT2D eigenvalue weighted by atomic mass is 10.3. The van der Waals surface area contributed by atoms with E-state index in [0.717, 1.165) is 16.5 Å². The predicted molar refractivity (Wildman–Crippen MR) is 59.8 cm³/mol. The molecular weight excluding hydrogens is 224 g/mol. The fourth-order valence-corrected chi connectivity index (χ4v) is 2.00. The number of aromatic nitrogens is 5. The number of nitrogens with zero attached hydrogens (tertiary/aromatic N) is 5. The van der Waals surface area contributed by atoms with Gasteiger partial charge in [-0.05, 0) is 24.8 Å². The van der Waals surface area contributed by atoms with Crippen LogP contribution >= 0.6 is 11.8 Å². The largest absolute Gasteiger partial charge is 0.325 e. The van der Waals surface area contributed by atoms with Crippen molar-refractivity contribution in [1.82, 2.24) is 24.7 Å². The van der Waals surface area contributed by atoms with E-state index >= 15 is 0 Å². The van der Waals surface area contributed by atoms with Gasteiger partial charge in [0.1, 0.15) is 6.33 Å². The number of rotatable bonds is 3. The SMILES string of the molecule is Cc1cc(CN)nc(Sc2nncn2C)n1. The van der Waals surface area contributed by atoms with E-state index in [1.807, 2.05) is 24.6 Å².